The fraction of sp³-hybridized carbons (Fsp3) is 0.444. The van der Waals surface area contributed by atoms with Gasteiger partial charge in [-0.2, -0.15) is 0 Å². The largest absolute Gasteiger partial charge is 0.442 e. The Morgan fingerprint density at radius 2 is 2.07 bits per heavy atom. The lowest BCUT2D eigenvalue weighted by atomic mass is 10.2. The number of benzene rings is 1. The molecule has 1 atom stereocenters. The van der Waals surface area contributed by atoms with Crippen LogP contribution in [0.2, 0.25) is 0 Å². The van der Waals surface area contributed by atoms with E-state index < -0.39 is 12.2 Å². The first-order chi connectivity index (χ1) is 14.0. The average Bonchev–Trinajstić information content (AvgIpc) is 3.36. The summed E-state index contributed by atoms with van der Waals surface area (Å²) in [6.07, 6.45) is 0.809. The van der Waals surface area contributed by atoms with E-state index in [1.165, 1.54) is 30.1 Å². The fourth-order valence-electron chi connectivity index (χ4n) is 3.49. The maximum atomic E-state index is 14.8. The van der Waals surface area contributed by atoms with Gasteiger partial charge in [-0.25, -0.2) is 9.18 Å². The van der Waals surface area contributed by atoms with Crippen LogP contribution >= 0.6 is 12.2 Å². The summed E-state index contributed by atoms with van der Waals surface area (Å²) in [5.41, 5.74) is 0.942. The van der Waals surface area contributed by atoms with Crippen molar-refractivity contribution in [1.29, 1.82) is 0 Å². The van der Waals surface area contributed by atoms with E-state index in [4.69, 9.17) is 8.92 Å². The number of amides is 2. The average molecular weight is 423 g/mol. The minimum Gasteiger partial charge on any atom is -0.442 e. The Morgan fingerprint density at radius 3 is 2.72 bits per heavy atom. The molecule has 0 aliphatic carbocycles. The third-order valence-corrected chi connectivity index (χ3v) is 5.45. The summed E-state index contributed by atoms with van der Waals surface area (Å²) < 4.78 is 28.4. The molecule has 0 radical (unpaired) electrons. The van der Waals surface area contributed by atoms with Gasteiger partial charge in [0.1, 0.15) is 11.9 Å². The second-order valence-corrected chi connectivity index (χ2v) is 7.50. The standard InChI is InChI=1S/C18H22FN5O4S/c1-12(25)20-9-14-11-24(18(26)27-14)13-2-3-16(15(19)8-13)22-4-6-23(7-5-22)17-10-21-29-28-17/h2-3,8,10,14,21H,4-7,9,11H2,1H3,(H,20,25)/t14-/m0/s1. The topological polar surface area (TPSA) is 86.4 Å². The minimum absolute atomic E-state index is 0.194. The Balaban J connectivity index is 1.38. The molecule has 0 saturated carbocycles. The highest BCUT2D eigenvalue weighted by Gasteiger charge is 2.33. The van der Waals surface area contributed by atoms with Gasteiger partial charge in [-0.05, 0) is 18.2 Å². The van der Waals surface area contributed by atoms with Crippen LogP contribution in [-0.2, 0) is 13.7 Å². The van der Waals surface area contributed by atoms with Crippen LogP contribution < -0.4 is 19.8 Å². The van der Waals surface area contributed by atoms with E-state index >= 15 is 0 Å². The van der Waals surface area contributed by atoms with Crippen molar-refractivity contribution < 1.29 is 22.9 Å². The highest BCUT2D eigenvalue weighted by Crippen LogP contribution is 2.29. The zero-order valence-corrected chi connectivity index (χ0v) is 16.7. The van der Waals surface area contributed by atoms with Gasteiger partial charge < -0.3 is 24.0 Å². The molecule has 1 aromatic rings. The summed E-state index contributed by atoms with van der Waals surface area (Å²) in [6, 6.07) is 4.76. The molecule has 9 nitrogen and oxygen atoms in total. The molecule has 2 fully saturated rings. The molecule has 11 heteroatoms. The van der Waals surface area contributed by atoms with Crippen LogP contribution in [0.25, 0.3) is 0 Å². The van der Waals surface area contributed by atoms with Gasteiger partial charge in [-0.1, -0.05) is 0 Å². The fourth-order valence-corrected chi connectivity index (χ4v) is 3.93. The van der Waals surface area contributed by atoms with Gasteiger partial charge in [0.2, 0.25) is 11.8 Å². The monoisotopic (exact) mass is 423 g/mol. The van der Waals surface area contributed by atoms with Crippen molar-refractivity contribution in [2.24, 2.45) is 0 Å². The third-order valence-electron chi connectivity index (χ3n) is 4.99. The number of carbonyl (C=O) groups excluding carboxylic acids is 2. The third kappa shape index (κ3) is 4.29. The molecule has 0 spiro atoms. The van der Waals surface area contributed by atoms with E-state index in [9.17, 15) is 14.0 Å². The molecule has 29 heavy (non-hydrogen) atoms. The zero-order valence-electron chi connectivity index (χ0n) is 15.9. The summed E-state index contributed by atoms with van der Waals surface area (Å²) in [4.78, 5) is 28.6. The van der Waals surface area contributed by atoms with Gasteiger partial charge in [0.15, 0.2) is 12.2 Å². The SMILES string of the molecule is CC(=O)NC[C@H]1CN(c2ccc(N3CCN(C4=CNSO4)CC3)c(F)c2)C(=O)O1. The van der Waals surface area contributed by atoms with Crippen LogP contribution in [0.3, 0.4) is 0 Å². The Kier molecular flexibility index (Phi) is 5.56. The predicted molar refractivity (Wildman–Crippen MR) is 106 cm³/mol. The molecule has 2 N–H and O–H groups in total. The Bertz CT molecular complexity index is 830. The number of nitrogens with one attached hydrogen (secondary N) is 2. The van der Waals surface area contributed by atoms with Gasteiger partial charge in [0.05, 0.1) is 30.7 Å². The number of halogens is 1. The molecule has 0 aromatic heterocycles. The molecule has 0 unspecified atom stereocenters. The van der Waals surface area contributed by atoms with Gasteiger partial charge in [-0.15, -0.1) is 0 Å². The maximum absolute atomic E-state index is 14.8. The number of ether oxygens (including phenoxy) is 1. The minimum atomic E-state index is -0.544. The van der Waals surface area contributed by atoms with Gasteiger partial charge in [0, 0.05) is 33.1 Å². The lowest BCUT2D eigenvalue weighted by Gasteiger charge is -2.36. The van der Waals surface area contributed by atoms with Crippen LogP contribution in [0.1, 0.15) is 6.92 Å². The first-order valence-corrected chi connectivity index (χ1v) is 10.1. The maximum Gasteiger partial charge on any atom is 0.414 e. The molecule has 3 heterocycles. The van der Waals surface area contributed by atoms with Crippen molar-refractivity contribution in [2.45, 2.75) is 13.0 Å². The number of piperazine rings is 1. The predicted octanol–water partition coefficient (Wildman–Crippen LogP) is 1.39. The second kappa shape index (κ2) is 8.27. The van der Waals surface area contributed by atoms with E-state index in [2.05, 4.69) is 14.9 Å². The molecular weight excluding hydrogens is 401 g/mol. The smallest absolute Gasteiger partial charge is 0.414 e. The summed E-state index contributed by atoms with van der Waals surface area (Å²) in [7, 11) is 0. The number of nitrogens with zero attached hydrogens (tertiary/aromatic N) is 3. The summed E-state index contributed by atoms with van der Waals surface area (Å²) >= 11 is 1.17. The highest BCUT2D eigenvalue weighted by molar-refractivity contribution is 7.93. The van der Waals surface area contributed by atoms with E-state index in [1.807, 2.05) is 11.1 Å². The van der Waals surface area contributed by atoms with Crippen molar-refractivity contribution in [1.82, 2.24) is 14.9 Å². The molecule has 0 bridgehead atoms. The Labute approximate surface area is 172 Å². The lowest BCUT2D eigenvalue weighted by Crippen LogP contribution is -2.46. The number of hydrogen-bond acceptors (Lipinski definition) is 8. The number of hydrogen-bond donors (Lipinski definition) is 2. The highest BCUT2D eigenvalue weighted by atomic mass is 32.2. The van der Waals surface area contributed by atoms with Crippen molar-refractivity contribution in [3.63, 3.8) is 0 Å². The van der Waals surface area contributed by atoms with Crippen LogP contribution in [0.5, 0.6) is 0 Å². The molecule has 1 aromatic carbocycles. The molecular formula is C18H22FN5O4S. The second-order valence-electron chi connectivity index (χ2n) is 6.93. The molecule has 3 aliphatic rings. The quantitative estimate of drug-likeness (QED) is 0.543. The summed E-state index contributed by atoms with van der Waals surface area (Å²) in [6.45, 7) is 4.65. The van der Waals surface area contributed by atoms with Crippen molar-refractivity contribution in [3.8, 4) is 0 Å². The zero-order chi connectivity index (χ0) is 20.4. The summed E-state index contributed by atoms with van der Waals surface area (Å²) in [5, 5.41) is 2.62. The molecule has 156 valence electrons. The first-order valence-electron chi connectivity index (χ1n) is 9.32. The number of cyclic esters (lactones) is 1. The molecule has 2 amide bonds. The number of carbonyl (C=O) groups is 2. The molecule has 4 rings (SSSR count). The first kappa shape index (κ1) is 19.5. The molecule has 3 aliphatic heterocycles. The van der Waals surface area contributed by atoms with Gasteiger partial charge in [0.25, 0.3) is 0 Å². The van der Waals surface area contributed by atoms with E-state index in [-0.39, 0.29) is 24.8 Å². The molecule has 2 saturated heterocycles. The van der Waals surface area contributed by atoms with Gasteiger partial charge >= 0.3 is 6.09 Å². The lowest BCUT2D eigenvalue weighted by molar-refractivity contribution is -0.119. The Hall–Kier alpha value is -2.82. The Morgan fingerprint density at radius 1 is 1.31 bits per heavy atom. The van der Waals surface area contributed by atoms with Crippen LogP contribution in [0, 0.1) is 5.82 Å². The summed E-state index contributed by atoms with van der Waals surface area (Å²) in [5.74, 6) is 0.204. The van der Waals surface area contributed by atoms with Crippen molar-refractivity contribution in [3.05, 3.63) is 36.1 Å². The van der Waals surface area contributed by atoms with Crippen LogP contribution in [0.4, 0.5) is 20.6 Å². The van der Waals surface area contributed by atoms with E-state index in [0.29, 0.717) is 24.5 Å². The van der Waals surface area contributed by atoms with Gasteiger partial charge in [-0.3, -0.25) is 14.4 Å². The van der Waals surface area contributed by atoms with Crippen molar-refractivity contribution >= 4 is 35.6 Å². The number of anilines is 2. The normalized spacial score (nSPS) is 21.4. The number of rotatable bonds is 5. The van der Waals surface area contributed by atoms with Crippen LogP contribution in [-0.4, -0.2) is 62.3 Å². The van der Waals surface area contributed by atoms with Crippen molar-refractivity contribution in [2.75, 3.05) is 49.1 Å². The van der Waals surface area contributed by atoms with E-state index in [1.54, 1.807) is 12.1 Å². The van der Waals surface area contributed by atoms with E-state index in [0.717, 1.165) is 19.0 Å². The van der Waals surface area contributed by atoms with Crippen LogP contribution in [0.15, 0.2) is 30.3 Å².